The Morgan fingerprint density at radius 1 is 1.19 bits per heavy atom. The van der Waals surface area contributed by atoms with Crippen LogP contribution >= 0.6 is 0 Å². The highest BCUT2D eigenvalue weighted by Crippen LogP contribution is 2.38. The average molecular weight is 362 g/mol. The van der Waals surface area contributed by atoms with Gasteiger partial charge in [-0.15, -0.1) is 0 Å². The van der Waals surface area contributed by atoms with E-state index in [2.05, 4.69) is 5.32 Å². The largest absolute Gasteiger partial charge is 0.493 e. The molecular weight excluding hydrogens is 340 g/mol. The lowest BCUT2D eigenvalue weighted by Crippen LogP contribution is -2.43. The van der Waals surface area contributed by atoms with Gasteiger partial charge in [-0.25, -0.2) is 0 Å². The second kappa shape index (κ2) is 8.37. The minimum atomic E-state index is -0.774. The lowest BCUT2D eigenvalue weighted by atomic mass is 10.1. The van der Waals surface area contributed by atoms with E-state index in [0.717, 1.165) is 0 Å². The Balaban J connectivity index is 2.23. The van der Waals surface area contributed by atoms with Gasteiger partial charge in [-0.3, -0.25) is 19.7 Å². The fourth-order valence-electron chi connectivity index (χ4n) is 2.78. The molecule has 0 unspecified atom stereocenters. The zero-order valence-corrected chi connectivity index (χ0v) is 15.2. The van der Waals surface area contributed by atoms with Crippen molar-refractivity contribution in [2.24, 2.45) is 0 Å². The van der Waals surface area contributed by atoms with Gasteiger partial charge < -0.3 is 19.1 Å². The highest BCUT2D eigenvalue weighted by molar-refractivity contribution is 6.07. The van der Waals surface area contributed by atoms with Crippen molar-refractivity contribution in [1.82, 2.24) is 10.2 Å². The number of imide groups is 1. The van der Waals surface area contributed by atoms with Gasteiger partial charge in [0.25, 0.3) is 0 Å². The number of hydrogen-bond donors (Lipinski definition) is 1. The second-order valence-corrected chi connectivity index (χ2v) is 5.55. The zero-order valence-electron chi connectivity index (χ0n) is 15.2. The van der Waals surface area contributed by atoms with Crippen molar-refractivity contribution in [2.75, 3.05) is 27.9 Å². The van der Waals surface area contributed by atoms with Crippen LogP contribution in [-0.4, -0.2) is 56.5 Å². The molecule has 1 atom stereocenters. The summed E-state index contributed by atoms with van der Waals surface area (Å²) in [4.78, 5) is 37.0. The fourth-order valence-corrected chi connectivity index (χ4v) is 2.78. The summed E-state index contributed by atoms with van der Waals surface area (Å²) in [6, 6.07) is 2.63. The van der Waals surface area contributed by atoms with E-state index in [0.29, 0.717) is 29.4 Å². The van der Waals surface area contributed by atoms with Crippen LogP contribution in [0.1, 0.15) is 18.9 Å². The molecule has 0 spiro atoms. The highest BCUT2D eigenvalue weighted by Gasteiger charge is 2.36. The Bertz CT molecular complexity index is 718. The van der Waals surface area contributed by atoms with Crippen LogP contribution in [0.25, 0.3) is 6.08 Å². The lowest BCUT2D eigenvalue weighted by Gasteiger charge is -2.23. The molecule has 1 fully saturated rings. The molecule has 0 aromatic heterocycles. The summed E-state index contributed by atoms with van der Waals surface area (Å²) in [5.74, 6) is 0.191. The van der Waals surface area contributed by atoms with Crippen molar-refractivity contribution < 1.29 is 28.6 Å². The van der Waals surface area contributed by atoms with Crippen LogP contribution in [0.15, 0.2) is 18.2 Å². The molecule has 1 aromatic carbocycles. The molecule has 1 N–H and O–H groups in total. The topological polar surface area (TPSA) is 94.2 Å². The summed E-state index contributed by atoms with van der Waals surface area (Å²) in [7, 11) is 4.52. The summed E-state index contributed by atoms with van der Waals surface area (Å²) >= 11 is 0. The van der Waals surface area contributed by atoms with Gasteiger partial charge in [0.05, 0.1) is 27.8 Å². The smallest absolute Gasteiger partial charge is 0.249 e. The molecule has 2 rings (SSSR count). The van der Waals surface area contributed by atoms with E-state index in [9.17, 15) is 14.4 Å². The second-order valence-electron chi connectivity index (χ2n) is 5.55. The van der Waals surface area contributed by atoms with Crippen LogP contribution in [0.4, 0.5) is 0 Å². The molecule has 1 aliphatic heterocycles. The number of carbonyl (C=O) groups is 3. The normalized spacial score (nSPS) is 16.5. The quantitative estimate of drug-likeness (QED) is 0.574. The number of ether oxygens (including phenoxy) is 3. The molecule has 26 heavy (non-hydrogen) atoms. The average Bonchev–Trinajstić information content (AvgIpc) is 2.97. The van der Waals surface area contributed by atoms with Crippen molar-refractivity contribution in [1.29, 1.82) is 0 Å². The van der Waals surface area contributed by atoms with Gasteiger partial charge in [0.2, 0.25) is 23.5 Å². The van der Waals surface area contributed by atoms with E-state index >= 15 is 0 Å². The van der Waals surface area contributed by atoms with Crippen molar-refractivity contribution in [3.8, 4) is 17.2 Å². The molecule has 3 amide bonds. The minimum Gasteiger partial charge on any atom is -0.493 e. The molecule has 0 bridgehead atoms. The number of carbonyl (C=O) groups excluding carboxylic acids is 3. The molecule has 1 saturated heterocycles. The van der Waals surface area contributed by atoms with Gasteiger partial charge in [0, 0.05) is 12.6 Å². The summed E-state index contributed by atoms with van der Waals surface area (Å²) in [5, 5.41) is 2.21. The lowest BCUT2D eigenvalue weighted by molar-refractivity contribution is -0.135. The number of amides is 3. The Hall–Kier alpha value is -3.03. The van der Waals surface area contributed by atoms with Gasteiger partial charge in [-0.2, -0.15) is 0 Å². The fraction of sp³-hybridized carbons (Fsp3) is 0.389. The predicted molar refractivity (Wildman–Crippen MR) is 94.1 cm³/mol. The monoisotopic (exact) mass is 362 g/mol. The first-order valence-corrected chi connectivity index (χ1v) is 8.07. The van der Waals surface area contributed by atoms with Crippen LogP contribution in [0, 0.1) is 0 Å². The molecule has 1 aliphatic rings. The summed E-state index contributed by atoms with van der Waals surface area (Å²) in [6.45, 7) is 2.06. The number of likely N-dealkylation sites (N-methyl/N-ethyl adjacent to an activating group) is 1. The van der Waals surface area contributed by atoms with E-state index in [1.165, 1.54) is 32.3 Å². The van der Waals surface area contributed by atoms with Gasteiger partial charge in [0.1, 0.15) is 6.04 Å². The van der Waals surface area contributed by atoms with E-state index in [1.54, 1.807) is 25.1 Å². The molecule has 1 aromatic rings. The molecule has 0 aliphatic carbocycles. The Kier molecular flexibility index (Phi) is 6.21. The van der Waals surface area contributed by atoms with Crippen molar-refractivity contribution in [2.45, 2.75) is 19.4 Å². The van der Waals surface area contributed by atoms with E-state index in [1.807, 2.05) is 0 Å². The maximum atomic E-state index is 12.5. The maximum absolute atomic E-state index is 12.5. The van der Waals surface area contributed by atoms with Crippen LogP contribution in [-0.2, 0) is 14.4 Å². The predicted octanol–water partition coefficient (Wildman–Crippen LogP) is 0.989. The van der Waals surface area contributed by atoms with Gasteiger partial charge in [0.15, 0.2) is 11.5 Å². The Morgan fingerprint density at radius 2 is 1.81 bits per heavy atom. The summed E-state index contributed by atoms with van der Waals surface area (Å²) < 4.78 is 15.8. The molecule has 140 valence electrons. The third-order valence-electron chi connectivity index (χ3n) is 4.05. The van der Waals surface area contributed by atoms with Crippen LogP contribution in [0.5, 0.6) is 17.2 Å². The maximum Gasteiger partial charge on any atom is 0.249 e. The Labute approximate surface area is 151 Å². The molecule has 0 saturated carbocycles. The van der Waals surface area contributed by atoms with E-state index in [-0.39, 0.29) is 18.2 Å². The van der Waals surface area contributed by atoms with Gasteiger partial charge >= 0.3 is 0 Å². The molecule has 0 radical (unpaired) electrons. The Morgan fingerprint density at radius 3 is 2.23 bits per heavy atom. The number of rotatable bonds is 7. The number of methoxy groups -OCH3 is 3. The first kappa shape index (κ1) is 19.3. The van der Waals surface area contributed by atoms with E-state index in [4.69, 9.17) is 14.2 Å². The van der Waals surface area contributed by atoms with E-state index < -0.39 is 11.9 Å². The van der Waals surface area contributed by atoms with Gasteiger partial charge in [-0.1, -0.05) is 0 Å². The molecular formula is C18H22N2O6. The first-order valence-electron chi connectivity index (χ1n) is 8.07. The third kappa shape index (κ3) is 3.96. The van der Waals surface area contributed by atoms with Crippen molar-refractivity contribution in [3.05, 3.63) is 23.8 Å². The van der Waals surface area contributed by atoms with Crippen LogP contribution in [0.3, 0.4) is 0 Å². The molecule has 8 nitrogen and oxygen atoms in total. The SMILES string of the molecule is CCN(C(=O)/C=C/c1cc(OC)c(OC)c(OC)c1)[C@H]1CC(=O)NC1=O. The van der Waals surface area contributed by atoms with Gasteiger partial charge in [-0.05, 0) is 30.7 Å². The summed E-state index contributed by atoms with van der Waals surface area (Å²) in [5.41, 5.74) is 0.663. The van der Waals surface area contributed by atoms with Crippen molar-refractivity contribution in [3.63, 3.8) is 0 Å². The summed E-state index contributed by atoms with van der Waals surface area (Å²) in [6.07, 6.45) is 2.92. The molecule has 1 heterocycles. The minimum absolute atomic E-state index is 0.0174. The zero-order chi connectivity index (χ0) is 19.3. The third-order valence-corrected chi connectivity index (χ3v) is 4.05. The first-order chi connectivity index (χ1) is 12.4. The number of nitrogens with one attached hydrogen (secondary N) is 1. The molecule has 8 heteroatoms. The van der Waals surface area contributed by atoms with Crippen molar-refractivity contribution >= 4 is 23.8 Å². The number of benzene rings is 1. The van der Waals surface area contributed by atoms with Crippen LogP contribution < -0.4 is 19.5 Å². The number of nitrogens with zero attached hydrogens (tertiary/aromatic N) is 1. The highest BCUT2D eigenvalue weighted by atomic mass is 16.5. The standard InChI is InChI=1S/C18H22N2O6/c1-5-20(12-10-15(21)19-18(12)23)16(22)7-6-11-8-13(24-2)17(26-4)14(9-11)25-3/h6-9,12H,5,10H2,1-4H3,(H,19,21,23)/b7-6+/t12-/m0/s1. The number of hydrogen-bond acceptors (Lipinski definition) is 6. The van der Waals surface area contributed by atoms with Crippen LogP contribution in [0.2, 0.25) is 0 Å².